The van der Waals surface area contributed by atoms with E-state index in [1.165, 1.54) is 18.3 Å². The lowest BCUT2D eigenvalue weighted by Crippen LogP contribution is -2.22. The fourth-order valence-electron chi connectivity index (χ4n) is 1.44. The van der Waals surface area contributed by atoms with E-state index in [0.29, 0.717) is 18.9 Å². The average molecular weight is 210 g/mol. The second kappa shape index (κ2) is 4.35. The molecule has 80 valence electrons. The van der Waals surface area contributed by atoms with Gasteiger partial charge in [0, 0.05) is 6.61 Å². The molecule has 5 heteroatoms. The molecule has 1 aliphatic rings. The van der Waals surface area contributed by atoms with Crippen molar-refractivity contribution in [2.45, 2.75) is 6.42 Å². The van der Waals surface area contributed by atoms with Gasteiger partial charge >= 0.3 is 0 Å². The Balaban J connectivity index is 1.96. The summed E-state index contributed by atoms with van der Waals surface area (Å²) in [7, 11) is 0. The lowest BCUT2D eigenvalue weighted by atomic mass is 10.1. The molecule has 0 aliphatic carbocycles. The Labute approximate surface area is 86.5 Å². The summed E-state index contributed by atoms with van der Waals surface area (Å²) < 4.78 is 17.6. The first-order valence-corrected chi connectivity index (χ1v) is 4.76. The van der Waals surface area contributed by atoms with E-state index in [9.17, 15) is 9.18 Å². The summed E-state index contributed by atoms with van der Waals surface area (Å²) in [5, 5.41) is 2.66. The minimum Gasteiger partial charge on any atom is -0.381 e. The lowest BCUT2D eigenvalue weighted by molar-refractivity contribution is -0.119. The molecule has 0 spiro atoms. The predicted molar refractivity (Wildman–Crippen MR) is 51.8 cm³/mol. The Morgan fingerprint density at radius 2 is 2.47 bits per heavy atom. The van der Waals surface area contributed by atoms with Gasteiger partial charge in [0.25, 0.3) is 0 Å². The van der Waals surface area contributed by atoms with Crippen LogP contribution in [0.5, 0.6) is 0 Å². The number of carbonyl (C=O) groups excluding carboxylic acids is 1. The van der Waals surface area contributed by atoms with Gasteiger partial charge in [-0.3, -0.25) is 4.79 Å². The third kappa shape index (κ3) is 2.50. The Kier molecular flexibility index (Phi) is 2.91. The van der Waals surface area contributed by atoms with Crippen LogP contribution in [0.15, 0.2) is 18.3 Å². The molecule has 2 heterocycles. The molecule has 0 bridgehead atoms. The number of halogens is 1. The first kappa shape index (κ1) is 10.0. The SMILES string of the molecule is O=C(Nc1ccc(F)nc1)C1CCOC1. The largest absolute Gasteiger partial charge is 0.381 e. The van der Waals surface area contributed by atoms with Gasteiger partial charge in [0.05, 0.1) is 24.4 Å². The Morgan fingerprint density at radius 1 is 1.60 bits per heavy atom. The monoisotopic (exact) mass is 210 g/mol. The smallest absolute Gasteiger partial charge is 0.229 e. The van der Waals surface area contributed by atoms with Gasteiger partial charge < -0.3 is 10.1 Å². The molecular weight excluding hydrogens is 199 g/mol. The Hall–Kier alpha value is -1.49. The van der Waals surface area contributed by atoms with Crippen LogP contribution < -0.4 is 5.32 Å². The summed E-state index contributed by atoms with van der Waals surface area (Å²) in [6.45, 7) is 1.08. The Morgan fingerprint density at radius 3 is 3.07 bits per heavy atom. The highest BCUT2D eigenvalue weighted by Gasteiger charge is 2.23. The van der Waals surface area contributed by atoms with E-state index in [-0.39, 0.29) is 11.8 Å². The number of rotatable bonds is 2. The average Bonchev–Trinajstić information content (AvgIpc) is 2.74. The number of nitrogens with one attached hydrogen (secondary N) is 1. The van der Waals surface area contributed by atoms with Crippen LogP contribution in [0, 0.1) is 11.9 Å². The van der Waals surface area contributed by atoms with E-state index >= 15 is 0 Å². The number of amides is 1. The molecule has 1 fully saturated rings. The minimum absolute atomic E-state index is 0.0964. The molecule has 1 atom stereocenters. The maximum Gasteiger partial charge on any atom is 0.229 e. The molecule has 15 heavy (non-hydrogen) atoms. The molecule has 1 amide bonds. The van der Waals surface area contributed by atoms with Crippen molar-refractivity contribution in [1.29, 1.82) is 0 Å². The second-order valence-electron chi connectivity index (χ2n) is 3.42. The van der Waals surface area contributed by atoms with Crippen LogP contribution in [0.3, 0.4) is 0 Å². The summed E-state index contributed by atoms with van der Waals surface area (Å²) in [4.78, 5) is 15.0. The Bertz CT molecular complexity index is 347. The van der Waals surface area contributed by atoms with Gasteiger partial charge in [-0.05, 0) is 18.6 Å². The van der Waals surface area contributed by atoms with Crippen molar-refractivity contribution in [3.8, 4) is 0 Å². The zero-order valence-corrected chi connectivity index (χ0v) is 8.07. The summed E-state index contributed by atoms with van der Waals surface area (Å²) in [6, 6.07) is 2.69. The maximum atomic E-state index is 12.5. The predicted octanol–water partition coefficient (Wildman–Crippen LogP) is 1.20. The summed E-state index contributed by atoms with van der Waals surface area (Å²) >= 11 is 0. The van der Waals surface area contributed by atoms with Crippen molar-refractivity contribution >= 4 is 11.6 Å². The molecule has 1 saturated heterocycles. The van der Waals surface area contributed by atoms with Crippen LogP contribution in [0.2, 0.25) is 0 Å². The van der Waals surface area contributed by atoms with Crippen LogP contribution in [-0.2, 0) is 9.53 Å². The zero-order chi connectivity index (χ0) is 10.7. The van der Waals surface area contributed by atoms with Gasteiger partial charge in [-0.15, -0.1) is 0 Å². The van der Waals surface area contributed by atoms with Crippen LogP contribution >= 0.6 is 0 Å². The molecular formula is C10H11FN2O2. The number of anilines is 1. The van der Waals surface area contributed by atoms with Gasteiger partial charge in [-0.1, -0.05) is 0 Å². The van der Waals surface area contributed by atoms with Gasteiger partial charge in [0.15, 0.2) is 0 Å². The fourth-order valence-corrected chi connectivity index (χ4v) is 1.44. The second-order valence-corrected chi connectivity index (χ2v) is 3.42. The summed E-state index contributed by atoms with van der Waals surface area (Å²) in [5.74, 6) is -0.756. The molecule has 1 N–H and O–H groups in total. The molecule has 2 rings (SSSR count). The molecule has 1 aliphatic heterocycles. The molecule has 1 aromatic heterocycles. The lowest BCUT2D eigenvalue weighted by Gasteiger charge is -2.08. The fraction of sp³-hybridized carbons (Fsp3) is 0.400. The first-order chi connectivity index (χ1) is 7.25. The summed E-state index contributed by atoms with van der Waals surface area (Å²) in [5.41, 5.74) is 0.508. The number of carbonyl (C=O) groups is 1. The number of hydrogen-bond acceptors (Lipinski definition) is 3. The van der Waals surface area contributed by atoms with Crippen LogP contribution in [0.25, 0.3) is 0 Å². The van der Waals surface area contributed by atoms with E-state index < -0.39 is 5.95 Å². The minimum atomic E-state index is -0.558. The molecule has 0 saturated carbocycles. The van der Waals surface area contributed by atoms with Gasteiger partial charge in [0.2, 0.25) is 11.9 Å². The van der Waals surface area contributed by atoms with Crippen LogP contribution in [0.1, 0.15) is 6.42 Å². The third-order valence-corrected chi connectivity index (χ3v) is 2.30. The van der Waals surface area contributed by atoms with Gasteiger partial charge in [-0.25, -0.2) is 4.98 Å². The zero-order valence-electron chi connectivity index (χ0n) is 8.07. The normalized spacial score (nSPS) is 20.2. The molecule has 1 aromatic rings. The van der Waals surface area contributed by atoms with Crippen molar-refractivity contribution in [1.82, 2.24) is 4.98 Å². The first-order valence-electron chi connectivity index (χ1n) is 4.76. The van der Waals surface area contributed by atoms with Crippen molar-refractivity contribution in [2.24, 2.45) is 5.92 Å². The van der Waals surface area contributed by atoms with E-state index in [0.717, 1.165) is 6.42 Å². The quantitative estimate of drug-likeness (QED) is 0.746. The third-order valence-electron chi connectivity index (χ3n) is 2.30. The molecule has 0 aromatic carbocycles. The van der Waals surface area contributed by atoms with Crippen molar-refractivity contribution in [3.63, 3.8) is 0 Å². The van der Waals surface area contributed by atoms with Crippen molar-refractivity contribution in [2.75, 3.05) is 18.5 Å². The topological polar surface area (TPSA) is 51.2 Å². The highest BCUT2D eigenvalue weighted by Crippen LogP contribution is 2.15. The molecule has 4 nitrogen and oxygen atoms in total. The van der Waals surface area contributed by atoms with E-state index in [1.807, 2.05) is 0 Å². The summed E-state index contributed by atoms with van der Waals surface area (Å²) in [6.07, 6.45) is 2.03. The van der Waals surface area contributed by atoms with E-state index in [2.05, 4.69) is 10.3 Å². The number of ether oxygens (including phenoxy) is 1. The van der Waals surface area contributed by atoms with Crippen LogP contribution in [0.4, 0.5) is 10.1 Å². The van der Waals surface area contributed by atoms with Crippen LogP contribution in [-0.4, -0.2) is 24.1 Å². The van der Waals surface area contributed by atoms with Gasteiger partial charge in [0.1, 0.15) is 0 Å². The maximum absolute atomic E-state index is 12.5. The highest BCUT2D eigenvalue weighted by molar-refractivity contribution is 5.92. The van der Waals surface area contributed by atoms with Crippen molar-refractivity contribution < 1.29 is 13.9 Å². The number of nitrogens with zero attached hydrogens (tertiary/aromatic N) is 1. The van der Waals surface area contributed by atoms with Gasteiger partial charge in [-0.2, -0.15) is 4.39 Å². The number of aromatic nitrogens is 1. The highest BCUT2D eigenvalue weighted by atomic mass is 19.1. The standard InChI is InChI=1S/C10H11FN2O2/c11-9-2-1-8(5-12-9)13-10(14)7-3-4-15-6-7/h1-2,5,7H,3-4,6H2,(H,13,14). The number of hydrogen-bond donors (Lipinski definition) is 1. The number of pyridine rings is 1. The molecule has 0 radical (unpaired) electrons. The molecule has 1 unspecified atom stereocenters. The van der Waals surface area contributed by atoms with Crippen molar-refractivity contribution in [3.05, 3.63) is 24.3 Å². The van der Waals surface area contributed by atoms with E-state index in [4.69, 9.17) is 4.74 Å². The van der Waals surface area contributed by atoms with E-state index in [1.54, 1.807) is 0 Å².